The number of benzene rings is 1. The quantitative estimate of drug-likeness (QED) is 0.717. The average molecular weight is 264 g/mol. The summed E-state index contributed by atoms with van der Waals surface area (Å²) in [4.78, 5) is 14.0. The Hall–Kier alpha value is -1.75. The number of likely N-dealkylation sites (tertiary alicyclic amines) is 1. The molecule has 3 N–H and O–H groups in total. The number of hydrogen-bond donors (Lipinski definition) is 3. The van der Waals surface area contributed by atoms with Gasteiger partial charge >= 0.3 is 0 Å². The van der Waals surface area contributed by atoms with Crippen LogP contribution in [0.1, 0.15) is 23.2 Å². The summed E-state index contributed by atoms with van der Waals surface area (Å²) < 4.78 is 0. The maximum absolute atomic E-state index is 12.3. The number of aromatic hydroxyl groups is 2. The summed E-state index contributed by atoms with van der Waals surface area (Å²) in [7, 11) is 1.93. The van der Waals surface area contributed by atoms with E-state index in [0.717, 1.165) is 19.4 Å². The zero-order valence-corrected chi connectivity index (χ0v) is 11.1. The van der Waals surface area contributed by atoms with E-state index in [4.69, 9.17) is 0 Å². The first kappa shape index (κ1) is 13.7. The number of piperidine rings is 1. The van der Waals surface area contributed by atoms with E-state index in [1.54, 1.807) is 4.90 Å². The number of carbonyl (C=O) groups is 1. The van der Waals surface area contributed by atoms with Crippen molar-refractivity contribution in [3.05, 3.63) is 23.8 Å². The van der Waals surface area contributed by atoms with Crippen LogP contribution in [0.25, 0.3) is 0 Å². The van der Waals surface area contributed by atoms with Gasteiger partial charge in [0.25, 0.3) is 5.91 Å². The molecule has 0 unspecified atom stereocenters. The summed E-state index contributed by atoms with van der Waals surface area (Å²) in [5, 5.41) is 22.3. The SMILES string of the molecule is CNCC1CCN(C(=O)c2cc(O)ccc2O)CC1. The molecule has 1 amide bonds. The second-order valence-corrected chi connectivity index (χ2v) is 4.99. The van der Waals surface area contributed by atoms with Gasteiger partial charge in [0.15, 0.2) is 0 Å². The highest BCUT2D eigenvalue weighted by Gasteiger charge is 2.24. The summed E-state index contributed by atoms with van der Waals surface area (Å²) >= 11 is 0. The minimum atomic E-state index is -0.212. The molecule has 5 heteroatoms. The van der Waals surface area contributed by atoms with Crippen LogP contribution in [0, 0.1) is 5.92 Å². The lowest BCUT2D eigenvalue weighted by Gasteiger charge is -2.32. The van der Waals surface area contributed by atoms with Gasteiger partial charge in [-0.05, 0) is 50.6 Å². The number of phenolic OH excluding ortho intramolecular Hbond substituents is 2. The molecule has 1 aliphatic heterocycles. The number of nitrogens with zero attached hydrogens (tertiary/aromatic N) is 1. The van der Waals surface area contributed by atoms with Crippen LogP contribution in [0.2, 0.25) is 0 Å². The number of amides is 1. The van der Waals surface area contributed by atoms with Gasteiger partial charge in [0.05, 0.1) is 5.56 Å². The number of rotatable bonds is 3. The number of hydrogen-bond acceptors (Lipinski definition) is 4. The minimum Gasteiger partial charge on any atom is -0.508 e. The Morgan fingerprint density at radius 3 is 2.68 bits per heavy atom. The first-order valence-electron chi connectivity index (χ1n) is 6.57. The molecule has 1 heterocycles. The monoisotopic (exact) mass is 264 g/mol. The Kier molecular flexibility index (Phi) is 4.27. The van der Waals surface area contributed by atoms with Crippen molar-refractivity contribution < 1.29 is 15.0 Å². The second kappa shape index (κ2) is 5.93. The zero-order valence-electron chi connectivity index (χ0n) is 11.1. The van der Waals surface area contributed by atoms with E-state index in [0.29, 0.717) is 19.0 Å². The van der Waals surface area contributed by atoms with Gasteiger partial charge in [-0.3, -0.25) is 4.79 Å². The van der Waals surface area contributed by atoms with Gasteiger partial charge in [0.1, 0.15) is 11.5 Å². The summed E-state index contributed by atoms with van der Waals surface area (Å²) in [6.45, 7) is 2.36. The van der Waals surface area contributed by atoms with Crippen LogP contribution in [0.15, 0.2) is 18.2 Å². The Bertz CT molecular complexity index is 454. The molecule has 0 radical (unpaired) electrons. The fraction of sp³-hybridized carbons (Fsp3) is 0.500. The van der Waals surface area contributed by atoms with Crippen LogP contribution in [-0.4, -0.2) is 47.7 Å². The molecular weight excluding hydrogens is 244 g/mol. The minimum absolute atomic E-state index is 0.00813. The lowest BCUT2D eigenvalue weighted by atomic mass is 9.96. The van der Waals surface area contributed by atoms with Gasteiger partial charge in [-0.15, -0.1) is 0 Å². The van der Waals surface area contributed by atoms with Gasteiger partial charge in [0.2, 0.25) is 0 Å². The largest absolute Gasteiger partial charge is 0.508 e. The fourth-order valence-corrected chi connectivity index (χ4v) is 2.49. The molecule has 1 aromatic carbocycles. The molecule has 1 saturated heterocycles. The molecule has 0 aliphatic carbocycles. The summed E-state index contributed by atoms with van der Waals surface area (Å²) in [5.74, 6) is 0.300. The normalized spacial score (nSPS) is 16.6. The number of nitrogens with one attached hydrogen (secondary N) is 1. The number of carbonyl (C=O) groups excluding carboxylic acids is 1. The van der Waals surface area contributed by atoms with Gasteiger partial charge in [-0.1, -0.05) is 0 Å². The molecule has 5 nitrogen and oxygen atoms in total. The van der Waals surface area contributed by atoms with Crippen LogP contribution in [-0.2, 0) is 0 Å². The van der Waals surface area contributed by atoms with E-state index < -0.39 is 0 Å². The first-order chi connectivity index (χ1) is 9.11. The van der Waals surface area contributed by atoms with Crippen LogP contribution >= 0.6 is 0 Å². The molecule has 0 aromatic heterocycles. The average Bonchev–Trinajstić information content (AvgIpc) is 2.42. The van der Waals surface area contributed by atoms with Crippen LogP contribution in [0.5, 0.6) is 11.5 Å². The fourth-order valence-electron chi connectivity index (χ4n) is 2.49. The number of phenols is 2. The Morgan fingerprint density at radius 2 is 2.05 bits per heavy atom. The highest BCUT2D eigenvalue weighted by molar-refractivity contribution is 5.97. The molecule has 19 heavy (non-hydrogen) atoms. The third-order valence-corrected chi connectivity index (χ3v) is 3.61. The third-order valence-electron chi connectivity index (χ3n) is 3.61. The van der Waals surface area contributed by atoms with Crippen molar-refractivity contribution in [2.75, 3.05) is 26.7 Å². The highest BCUT2D eigenvalue weighted by atomic mass is 16.3. The van der Waals surface area contributed by atoms with Crippen molar-refractivity contribution in [1.29, 1.82) is 0 Å². The van der Waals surface area contributed by atoms with E-state index >= 15 is 0 Å². The van der Waals surface area contributed by atoms with Crippen molar-refractivity contribution in [2.24, 2.45) is 5.92 Å². The van der Waals surface area contributed by atoms with Gasteiger partial charge in [0, 0.05) is 13.1 Å². The van der Waals surface area contributed by atoms with Gasteiger partial charge in [-0.25, -0.2) is 0 Å². The maximum atomic E-state index is 12.3. The van der Waals surface area contributed by atoms with Crippen molar-refractivity contribution in [1.82, 2.24) is 10.2 Å². The van der Waals surface area contributed by atoms with Gasteiger partial charge in [-0.2, -0.15) is 0 Å². The lowest BCUT2D eigenvalue weighted by Crippen LogP contribution is -2.40. The third kappa shape index (κ3) is 3.17. The highest BCUT2D eigenvalue weighted by Crippen LogP contribution is 2.25. The maximum Gasteiger partial charge on any atom is 0.257 e. The molecular formula is C14H20N2O3. The van der Waals surface area contributed by atoms with Crippen LogP contribution in [0.4, 0.5) is 0 Å². The summed E-state index contributed by atoms with van der Waals surface area (Å²) in [6.07, 6.45) is 1.93. The molecule has 0 saturated carbocycles. The molecule has 0 bridgehead atoms. The van der Waals surface area contributed by atoms with E-state index in [2.05, 4.69) is 5.32 Å². The molecule has 0 atom stereocenters. The van der Waals surface area contributed by atoms with Crippen molar-refractivity contribution in [2.45, 2.75) is 12.8 Å². The second-order valence-electron chi connectivity index (χ2n) is 4.99. The standard InChI is InChI=1S/C14H20N2O3/c1-15-9-10-4-6-16(7-5-10)14(19)12-8-11(17)2-3-13(12)18/h2-3,8,10,15,17-18H,4-7,9H2,1H3. The van der Waals surface area contributed by atoms with Crippen LogP contribution in [0.3, 0.4) is 0 Å². The predicted molar refractivity (Wildman–Crippen MR) is 72.3 cm³/mol. The smallest absolute Gasteiger partial charge is 0.257 e. The van der Waals surface area contributed by atoms with E-state index in [-0.39, 0.29) is 23.0 Å². The molecule has 2 rings (SSSR count). The molecule has 104 valence electrons. The molecule has 0 spiro atoms. The van der Waals surface area contributed by atoms with Crippen molar-refractivity contribution >= 4 is 5.91 Å². The molecule has 1 aromatic rings. The summed E-state index contributed by atoms with van der Waals surface area (Å²) in [5.41, 5.74) is 0.173. The molecule has 1 aliphatic rings. The van der Waals surface area contributed by atoms with E-state index in [1.165, 1.54) is 18.2 Å². The van der Waals surface area contributed by atoms with Crippen molar-refractivity contribution in [3.8, 4) is 11.5 Å². The Morgan fingerprint density at radius 1 is 1.37 bits per heavy atom. The van der Waals surface area contributed by atoms with E-state index in [1.807, 2.05) is 7.05 Å². The first-order valence-corrected chi connectivity index (χ1v) is 6.57. The topological polar surface area (TPSA) is 72.8 Å². The van der Waals surface area contributed by atoms with Crippen molar-refractivity contribution in [3.63, 3.8) is 0 Å². The van der Waals surface area contributed by atoms with E-state index in [9.17, 15) is 15.0 Å². The Balaban J connectivity index is 2.03. The summed E-state index contributed by atoms with van der Waals surface area (Å²) in [6, 6.07) is 4.03. The Labute approximate surface area is 112 Å². The van der Waals surface area contributed by atoms with Gasteiger partial charge < -0.3 is 20.4 Å². The zero-order chi connectivity index (χ0) is 13.8. The predicted octanol–water partition coefficient (Wildman–Crippen LogP) is 1.17. The molecule has 1 fully saturated rings. The lowest BCUT2D eigenvalue weighted by molar-refractivity contribution is 0.0687. The van der Waals surface area contributed by atoms with Crippen LogP contribution < -0.4 is 5.32 Å².